The largest absolute Gasteiger partial charge is 0.477 e. The molecule has 8 rings (SSSR count). The molecule has 59 heavy (non-hydrogen) atoms. The van der Waals surface area contributed by atoms with Crippen molar-refractivity contribution in [1.29, 1.82) is 0 Å². The van der Waals surface area contributed by atoms with Crippen LogP contribution in [0.2, 0.25) is 5.02 Å². The van der Waals surface area contributed by atoms with E-state index in [4.69, 9.17) is 17.3 Å². The van der Waals surface area contributed by atoms with Crippen molar-refractivity contribution < 1.29 is 41.9 Å². The number of halogens is 4. The van der Waals surface area contributed by atoms with Crippen LogP contribution in [-0.4, -0.2) is 133 Å². The molecule has 3 amide bonds. The monoisotopic (exact) mass is 838 g/mol. The molecule has 4 fully saturated rings. The van der Waals surface area contributed by atoms with Crippen molar-refractivity contribution in [3.05, 3.63) is 76.1 Å². The number of quaternary nitrogens is 1. The molecule has 3 saturated heterocycles. The summed E-state index contributed by atoms with van der Waals surface area (Å²) in [4.78, 5) is 67.3. The number of H-pyrrole nitrogens is 2. The summed E-state index contributed by atoms with van der Waals surface area (Å²) in [6.07, 6.45) is 0.350. The number of aliphatic carboxylic acids is 1. The minimum Gasteiger partial charge on any atom is -0.477 e. The highest BCUT2D eigenvalue weighted by atomic mass is 35.5. The van der Waals surface area contributed by atoms with E-state index in [-0.39, 0.29) is 75.4 Å². The Morgan fingerprint density at radius 1 is 1.05 bits per heavy atom. The summed E-state index contributed by atoms with van der Waals surface area (Å²) in [7, 11) is 0. The Balaban J connectivity index is 0.879. The second kappa shape index (κ2) is 15.6. The maximum absolute atomic E-state index is 13.9. The van der Waals surface area contributed by atoms with Gasteiger partial charge in [0.25, 0.3) is 11.8 Å². The maximum atomic E-state index is 13.9. The number of nitrogens with one attached hydrogen (secondary N) is 4. The minimum absolute atomic E-state index is 0.0446. The standard InChI is InChI=1S/C39H43ClF3N11O5/c40-29-14-25(49-35(57)34-47-18-26(48-34)13-28-32(30-4-1-24(44)17-46-30)50-51-33(28)39(41,42)43)2-3-27(29)37(59)52-9-10-53(38(21-52)7-8-38)36(58)23-5-11-54(12-6-23,20-31(55)56)19-22-15-45-16-22/h1-4,14,17-18,22-23,45H,5-13,15-16,19-21H2,(H5-,44,46,47,48,49,50,51,55,56,57,59)/p+1. The van der Waals surface area contributed by atoms with Gasteiger partial charge in [0.15, 0.2) is 18.1 Å². The first-order chi connectivity index (χ1) is 28.1. The lowest BCUT2D eigenvalue weighted by atomic mass is 9.90. The van der Waals surface area contributed by atoms with E-state index >= 15 is 0 Å². The number of imidazole rings is 1. The Kier molecular flexibility index (Phi) is 10.6. The molecule has 7 N–H and O–H groups in total. The van der Waals surface area contributed by atoms with Gasteiger partial charge < -0.3 is 40.7 Å². The van der Waals surface area contributed by atoms with E-state index in [0.717, 1.165) is 32.5 Å². The quantitative estimate of drug-likeness (QED) is 0.121. The van der Waals surface area contributed by atoms with Crippen LogP contribution in [0, 0.1) is 11.8 Å². The first-order valence-electron chi connectivity index (χ1n) is 19.5. The number of alkyl halides is 3. The van der Waals surface area contributed by atoms with Crippen LogP contribution in [0.5, 0.6) is 0 Å². The molecular weight excluding hydrogens is 795 g/mol. The van der Waals surface area contributed by atoms with Crippen molar-refractivity contribution in [1.82, 2.24) is 40.3 Å². The van der Waals surface area contributed by atoms with Gasteiger partial charge in [-0.1, -0.05) is 11.6 Å². The summed E-state index contributed by atoms with van der Waals surface area (Å²) < 4.78 is 42.2. The number of likely N-dealkylation sites (tertiary alicyclic amines) is 1. The molecule has 16 nitrogen and oxygen atoms in total. The topological polar surface area (TPSA) is 215 Å². The third-order valence-corrected chi connectivity index (χ3v) is 12.4. The van der Waals surface area contributed by atoms with Gasteiger partial charge in [-0.3, -0.25) is 24.5 Å². The summed E-state index contributed by atoms with van der Waals surface area (Å²) in [5, 5.41) is 21.6. The highest BCUT2D eigenvalue weighted by molar-refractivity contribution is 6.34. The number of hydrogen-bond acceptors (Lipinski definition) is 9. The number of anilines is 2. The number of carboxylic acid groups (broad SMARTS) is 1. The van der Waals surface area contributed by atoms with Crippen molar-refractivity contribution in [3.8, 4) is 11.4 Å². The molecule has 1 aromatic carbocycles. The Bertz CT molecular complexity index is 2260. The number of nitrogens with two attached hydrogens (primary N) is 1. The fourth-order valence-corrected chi connectivity index (χ4v) is 9.05. The fraction of sp³-hybridized carbons (Fsp3) is 0.462. The van der Waals surface area contributed by atoms with Crippen LogP contribution < -0.4 is 16.4 Å². The number of hydrogen-bond donors (Lipinski definition) is 6. The van der Waals surface area contributed by atoms with E-state index in [1.807, 2.05) is 4.90 Å². The third kappa shape index (κ3) is 8.36. The van der Waals surface area contributed by atoms with Crippen molar-refractivity contribution >= 4 is 46.7 Å². The maximum Gasteiger partial charge on any atom is 0.435 e. The number of carbonyl (C=O) groups excluding carboxylic acids is 3. The van der Waals surface area contributed by atoms with E-state index in [2.05, 4.69) is 35.8 Å². The smallest absolute Gasteiger partial charge is 0.435 e. The van der Waals surface area contributed by atoms with Gasteiger partial charge in [-0.05, 0) is 43.2 Å². The normalized spacial score (nSPS) is 21.6. The van der Waals surface area contributed by atoms with E-state index in [0.29, 0.717) is 61.7 Å². The molecule has 0 atom stereocenters. The Morgan fingerprint density at radius 2 is 1.81 bits per heavy atom. The molecule has 3 aliphatic heterocycles. The Morgan fingerprint density at radius 3 is 2.44 bits per heavy atom. The van der Waals surface area contributed by atoms with Crippen LogP contribution in [0.4, 0.5) is 24.5 Å². The average Bonchev–Trinajstić information content (AvgIpc) is 3.54. The lowest BCUT2D eigenvalue weighted by molar-refractivity contribution is -0.929. The van der Waals surface area contributed by atoms with Gasteiger partial charge in [-0.2, -0.15) is 18.3 Å². The highest BCUT2D eigenvalue weighted by Crippen LogP contribution is 2.46. The first-order valence-corrected chi connectivity index (χ1v) is 19.9. The van der Waals surface area contributed by atoms with Crippen molar-refractivity contribution in [2.75, 3.05) is 70.0 Å². The zero-order valence-corrected chi connectivity index (χ0v) is 32.7. The lowest BCUT2D eigenvalue weighted by Crippen LogP contribution is -2.63. The van der Waals surface area contributed by atoms with E-state index in [1.165, 1.54) is 42.7 Å². The number of carboxylic acids is 1. The van der Waals surface area contributed by atoms with E-state index in [1.54, 1.807) is 4.90 Å². The highest BCUT2D eigenvalue weighted by Gasteiger charge is 2.55. The third-order valence-electron chi connectivity index (χ3n) is 12.1. The van der Waals surface area contributed by atoms with E-state index < -0.39 is 29.3 Å². The minimum atomic E-state index is -4.76. The number of nitrogens with zero attached hydrogens (tertiary/aromatic N) is 6. The zero-order chi connectivity index (χ0) is 41.7. The summed E-state index contributed by atoms with van der Waals surface area (Å²) in [5.74, 6) is -1.60. The fourth-order valence-electron chi connectivity index (χ4n) is 8.79. The molecule has 4 aliphatic rings. The van der Waals surface area contributed by atoms with Crippen LogP contribution >= 0.6 is 11.6 Å². The molecule has 0 bridgehead atoms. The van der Waals surface area contributed by atoms with Crippen LogP contribution in [-0.2, 0) is 22.2 Å². The molecule has 312 valence electrons. The number of piperazine rings is 1. The predicted octanol–water partition coefficient (Wildman–Crippen LogP) is 3.64. The number of pyridine rings is 1. The molecule has 1 spiro atoms. The number of nitrogen functional groups attached to an aromatic ring is 1. The Hall–Kier alpha value is -5.53. The predicted molar refractivity (Wildman–Crippen MR) is 208 cm³/mol. The number of amides is 3. The number of rotatable bonds is 11. The second-order valence-corrected chi connectivity index (χ2v) is 16.7. The van der Waals surface area contributed by atoms with Gasteiger partial charge in [0, 0.05) is 87.0 Å². The molecule has 4 aromatic rings. The van der Waals surface area contributed by atoms with Gasteiger partial charge in [-0.15, -0.1) is 0 Å². The molecule has 20 heteroatoms. The zero-order valence-electron chi connectivity index (χ0n) is 31.9. The van der Waals surface area contributed by atoms with Gasteiger partial charge in [0.05, 0.1) is 59.0 Å². The summed E-state index contributed by atoms with van der Waals surface area (Å²) in [6, 6.07) is 7.44. The van der Waals surface area contributed by atoms with Gasteiger partial charge in [0.2, 0.25) is 5.91 Å². The van der Waals surface area contributed by atoms with Crippen LogP contribution in [0.25, 0.3) is 11.4 Å². The molecule has 1 saturated carbocycles. The average molecular weight is 839 g/mol. The molecule has 1 aliphatic carbocycles. The summed E-state index contributed by atoms with van der Waals surface area (Å²) in [5.41, 5.74) is 5.22. The van der Waals surface area contributed by atoms with E-state index in [9.17, 15) is 37.5 Å². The van der Waals surface area contributed by atoms with Crippen LogP contribution in [0.3, 0.4) is 0 Å². The molecular formula is C39H44ClF3N11O5+. The van der Waals surface area contributed by atoms with Crippen molar-refractivity contribution in [3.63, 3.8) is 0 Å². The number of aromatic nitrogens is 5. The molecule has 6 heterocycles. The van der Waals surface area contributed by atoms with Gasteiger partial charge in [-0.25, -0.2) is 9.78 Å². The number of aromatic amines is 2. The first kappa shape index (κ1) is 40.3. The lowest BCUT2D eigenvalue weighted by Gasteiger charge is -2.48. The van der Waals surface area contributed by atoms with Gasteiger partial charge in [0.1, 0.15) is 0 Å². The Labute approximate surface area is 341 Å². The molecule has 3 aromatic heterocycles. The van der Waals surface area contributed by atoms with Crippen molar-refractivity contribution in [2.24, 2.45) is 11.8 Å². The molecule has 0 radical (unpaired) electrons. The van der Waals surface area contributed by atoms with Crippen LogP contribution in [0.1, 0.15) is 63.6 Å². The van der Waals surface area contributed by atoms with Crippen LogP contribution in [0.15, 0.2) is 42.7 Å². The van der Waals surface area contributed by atoms with Crippen molar-refractivity contribution in [2.45, 2.75) is 43.8 Å². The number of piperidine rings is 1. The summed E-state index contributed by atoms with van der Waals surface area (Å²) >= 11 is 6.61. The second-order valence-electron chi connectivity index (χ2n) is 16.2. The van der Waals surface area contributed by atoms with Gasteiger partial charge >= 0.3 is 12.1 Å². The SMILES string of the molecule is Nc1ccc(-c2[nH]nc(C(F)(F)F)c2Cc2cnc(C(=O)Nc3ccc(C(=O)N4CCN(C(=O)C5CC[N+](CC(=O)O)(CC6CNC6)CC5)C5(CC5)C4)c(Cl)c3)[nH]2)nc1. The number of carbonyl (C=O) groups is 4. The number of benzene rings is 1. The summed E-state index contributed by atoms with van der Waals surface area (Å²) in [6.45, 7) is 5.07. The molecule has 0 unspecified atom stereocenters.